The van der Waals surface area contributed by atoms with Crippen molar-refractivity contribution in [3.05, 3.63) is 33.9 Å². The van der Waals surface area contributed by atoms with Crippen LogP contribution in [0.15, 0.2) is 21.3 Å². The summed E-state index contributed by atoms with van der Waals surface area (Å²) in [4.78, 5) is 10.6. The van der Waals surface area contributed by atoms with Crippen molar-refractivity contribution in [1.82, 2.24) is 0 Å². The van der Waals surface area contributed by atoms with Crippen LogP contribution in [0.3, 0.4) is 0 Å². The molecule has 0 atom stereocenters. The van der Waals surface area contributed by atoms with E-state index in [1.165, 1.54) is 6.07 Å². The first-order valence-corrected chi connectivity index (χ1v) is 3.42. The molecule has 0 fully saturated rings. The van der Waals surface area contributed by atoms with Crippen molar-refractivity contribution in [3.63, 3.8) is 0 Å². The normalized spacial score (nSPS) is 9.80. The summed E-state index contributed by atoms with van der Waals surface area (Å²) in [6.07, 6.45) is 0. The monoisotopic (exact) mass is 158 g/mol. The predicted octanol–water partition coefficient (Wildman–Crippen LogP) is 1.69. The van der Waals surface area contributed by atoms with Gasteiger partial charge in [-0.1, -0.05) is 0 Å². The summed E-state index contributed by atoms with van der Waals surface area (Å²) in [5.41, 5.74) is 0.544. The van der Waals surface area contributed by atoms with Crippen LogP contribution >= 0.6 is 11.6 Å². The number of halogens is 1. The Morgan fingerprint density at radius 2 is 2.30 bits per heavy atom. The summed E-state index contributed by atoms with van der Waals surface area (Å²) in [5.74, 6) is 0.767. The Hall–Kier alpha value is -0.760. The van der Waals surface area contributed by atoms with E-state index in [-0.39, 0.29) is 11.5 Å². The van der Waals surface area contributed by atoms with Crippen molar-refractivity contribution in [2.75, 3.05) is 0 Å². The number of hydrogen-bond donors (Lipinski definition) is 0. The summed E-state index contributed by atoms with van der Waals surface area (Å²) in [6.45, 7) is 1.83. The minimum absolute atomic E-state index is 0.247. The van der Waals surface area contributed by atoms with Crippen LogP contribution in [0.4, 0.5) is 0 Å². The third kappa shape index (κ3) is 1.61. The molecule has 1 rings (SSSR count). The van der Waals surface area contributed by atoms with Crippen molar-refractivity contribution in [2.45, 2.75) is 12.8 Å². The summed E-state index contributed by atoms with van der Waals surface area (Å²) in [7, 11) is 0. The number of aryl methyl sites for hydroxylation is 1. The SMILES string of the molecule is Cc1cc(CCl)oc(=O)c1. The van der Waals surface area contributed by atoms with Gasteiger partial charge in [0.1, 0.15) is 5.76 Å². The molecule has 0 saturated carbocycles. The highest BCUT2D eigenvalue weighted by Gasteiger charge is 1.94. The summed E-state index contributed by atoms with van der Waals surface area (Å²) < 4.78 is 4.72. The molecule has 1 aromatic rings. The molecule has 0 saturated heterocycles. The Balaban J connectivity index is 3.19. The zero-order valence-electron chi connectivity index (χ0n) is 5.56. The molecule has 2 nitrogen and oxygen atoms in total. The minimum Gasteiger partial charge on any atom is -0.427 e. The van der Waals surface area contributed by atoms with Crippen LogP contribution in [0, 0.1) is 6.92 Å². The van der Waals surface area contributed by atoms with Gasteiger partial charge in [-0.05, 0) is 18.6 Å². The highest BCUT2D eigenvalue weighted by atomic mass is 35.5. The summed E-state index contributed by atoms with van der Waals surface area (Å²) in [6, 6.07) is 3.17. The molecule has 0 aliphatic heterocycles. The lowest BCUT2D eigenvalue weighted by molar-refractivity contribution is 0.474. The first-order valence-electron chi connectivity index (χ1n) is 2.89. The Labute approximate surface area is 63.4 Å². The maximum Gasteiger partial charge on any atom is 0.336 e. The van der Waals surface area contributed by atoms with E-state index in [1.807, 2.05) is 6.92 Å². The van der Waals surface area contributed by atoms with Gasteiger partial charge in [-0.3, -0.25) is 0 Å². The highest BCUT2D eigenvalue weighted by Crippen LogP contribution is 2.02. The fraction of sp³-hybridized carbons (Fsp3) is 0.286. The van der Waals surface area contributed by atoms with Gasteiger partial charge in [-0.2, -0.15) is 0 Å². The Bertz CT molecular complexity index is 277. The number of alkyl halides is 1. The van der Waals surface area contributed by atoms with Crippen LogP contribution < -0.4 is 5.63 Å². The molecular formula is C7H7ClO2. The van der Waals surface area contributed by atoms with Gasteiger partial charge in [-0.15, -0.1) is 11.6 Å². The van der Waals surface area contributed by atoms with Gasteiger partial charge >= 0.3 is 5.63 Å². The molecule has 54 valence electrons. The van der Waals surface area contributed by atoms with E-state index in [0.717, 1.165) is 5.56 Å². The fourth-order valence-electron chi connectivity index (χ4n) is 0.735. The van der Waals surface area contributed by atoms with Crippen molar-refractivity contribution < 1.29 is 4.42 Å². The molecule has 1 heterocycles. The van der Waals surface area contributed by atoms with E-state index in [1.54, 1.807) is 6.07 Å². The molecule has 10 heavy (non-hydrogen) atoms. The van der Waals surface area contributed by atoms with E-state index in [9.17, 15) is 4.79 Å². The van der Waals surface area contributed by atoms with Gasteiger partial charge in [0.25, 0.3) is 0 Å². The van der Waals surface area contributed by atoms with Gasteiger partial charge in [0.15, 0.2) is 0 Å². The first kappa shape index (κ1) is 7.35. The lowest BCUT2D eigenvalue weighted by Crippen LogP contribution is -1.98. The third-order valence-corrected chi connectivity index (χ3v) is 1.36. The van der Waals surface area contributed by atoms with E-state index in [2.05, 4.69) is 0 Å². The Morgan fingerprint density at radius 1 is 1.60 bits per heavy atom. The van der Waals surface area contributed by atoms with Crippen LogP contribution in [0.2, 0.25) is 0 Å². The van der Waals surface area contributed by atoms with Gasteiger partial charge in [0.2, 0.25) is 0 Å². The zero-order chi connectivity index (χ0) is 7.56. The van der Waals surface area contributed by atoms with E-state index < -0.39 is 0 Å². The van der Waals surface area contributed by atoms with Crippen molar-refractivity contribution >= 4 is 11.6 Å². The summed E-state index contributed by atoms with van der Waals surface area (Å²) >= 11 is 5.44. The topological polar surface area (TPSA) is 30.2 Å². The largest absolute Gasteiger partial charge is 0.427 e. The molecule has 0 unspecified atom stereocenters. The van der Waals surface area contributed by atoms with Gasteiger partial charge in [0.05, 0.1) is 5.88 Å². The fourth-order valence-corrected chi connectivity index (χ4v) is 0.867. The van der Waals surface area contributed by atoms with Crippen molar-refractivity contribution in [1.29, 1.82) is 0 Å². The number of hydrogen-bond acceptors (Lipinski definition) is 2. The molecule has 1 aromatic heterocycles. The van der Waals surface area contributed by atoms with Crippen LogP contribution in [0.25, 0.3) is 0 Å². The lowest BCUT2D eigenvalue weighted by atomic mass is 10.3. The average Bonchev–Trinajstić information content (AvgIpc) is 1.85. The predicted molar refractivity (Wildman–Crippen MR) is 39.3 cm³/mol. The Kier molecular flexibility index (Phi) is 2.12. The molecule has 0 spiro atoms. The number of rotatable bonds is 1. The van der Waals surface area contributed by atoms with Gasteiger partial charge in [-0.25, -0.2) is 4.79 Å². The maximum atomic E-state index is 10.6. The quantitative estimate of drug-likeness (QED) is 0.583. The molecule has 0 aliphatic carbocycles. The van der Waals surface area contributed by atoms with Gasteiger partial charge < -0.3 is 4.42 Å². The molecular weight excluding hydrogens is 152 g/mol. The molecule has 0 radical (unpaired) electrons. The second kappa shape index (κ2) is 2.88. The second-order valence-corrected chi connectivity index (χ2v) is 2.32. The van der Waals surface area contributed by atoms with Crippen LogP contribution in [-0.4, -0.2) is 0 Å². The molecule has 3 heteroatoms. The summed E-state index contributed by atoms with van der Waals surface area (Å²) in [5, 5.41) is 0. The highest BCUT2D eigenvalue weighted by molar-refractivity contribution is 6.16. The van der Waals surface area contributed by atoms with E-state index in [0.29, 0.717) is 5.76 Å². The maximum absolute atomic E-state index is 10.6. The first-order chi connectivity index (χ1) is 4.72. The van der Waals surface area contributed by atoms with Gasteiger partial charge in [0, 0.05) is 6.07 Å². The standard InChI is InChI=1S/C7H7ClO2/c1-5-2-6(4-8)10-7(9)3-5/h2-3H,4H2,1H3. The molecule has 0 aromatic carbocycles. The van der Waals surface area contributed by atoms with E-state index >= 15 is 0 Å². The molecule has 0 bridgehead atoms. The van der Waals surface area contributed by atoms with Crippen molar-refractivity contribution in [3.8, 4) is 0 Å². The third-order valence-electron chi connectivity index (χ3n) is 1.10. The second-order valence-electron chi connectivity index (χ2n) is 2.05. The minimum atomic E-state index is -0.337. The molecule has 0 aliphatic rings. The zero-order valence-corrected chi connectivity index (χ0v) is 6.31. The van der Waals surface area contributed by atoms with Crippen LogP contribution in [0.5, 0.6) is 0 Å². The molecule has 0 amide bonds. The lowest BCUT2D eigenvalue weighted by Gasteiger charge is -1.93. The van der Waals surface area contributed by atoms with Crippen LogP contribution in [-0.2, 0) is 5.88 Å². The Morgan fingerprint density at radius 3 is 2.80 bits per heavy atom. The van der Waals surface area contributed by atoms with E-state index in [4.69, 9.17) is 16.0 Å². The smallest absolute Gasteiger partial charge is 0.336 e. The van der Waals surface area contributed by atoms with Crippen LogP contribution in [0.1, 0.15) is 11.3 Å². The molecule has 0 N–H and O–H groups in total. The average molecular weight is 159 g/mol. The van der Waals surface area contributed by atoms with Crippen molar-refractivity contribution in [2.24, 2.45) is 0 Å².